The molecule has 0 saturated heterocycles. The van der Waals surface area contributed by atoms with Crippen molar-refractivity contribution >= 4 is 29.2 Å². The molecule has 0 atom stereocenters. The Hall–Kier alpha value is -4.26. The second-order valence-electron chi connectivity index (χ2n) is 7.89. The van der Waals surface area contributed by atoms with Gasteiger partial charge in [0.25, 0.3) is 5.91 Å². The molecule has 0 radical (unpaired) electrons. The number of hydrogen-bond acceptors (Lipinski definition) is 5. The van der Waals surface area contributed by atoms with E-state index >= 15 is 0 Å². The van der Waals surface area contributed by atoms with E-state index in [4.69, 9.17) is 14.2 Å². The molecule has 0 fully saturated rings. The van der Waals surface area contributed by atoms with E-state index < -0.39 is 0 Å². The standard InChI is InChI=1S/C28H28N2O5/c1-3-30(19-27(31)29-22-13-14-25-26(18-22)35-16-15-34-25)28(32)23(20-9-5-4-6-10-20)17-21-11-7-8-12-24(21)33-2/h4-14,17-18H,3,15-16,19H2,1-2H3,(H,29,31)/b23-17+. The number of rotatable bonds is 8. The number of benzene rings is 3. The fourth-order valence-electron chi connectivity index (χ4n) is 3.82. The second-order valence-corrected chi connectivity index (χ2v) is 7.89. The number of methoxy groups -OCH3 is 1. The van der Waals surface area contributed by atoms with Gasteiger partial charge in [-0.25, -0.2) is 0 Å². The predicted octanol–water partition coefficient (Wildman–Crippen LogP) is 4.49. The molecule has 0 spiro atoms. The zero-order chi connectivity index (χ0) is 24.6. The minimum absolute atomic E-state index is 0.0973. The second kappa shape index (κ2) is 11.2. The third-order valence-corrected chi connectivity index (χ3v) is 5.58. The Bertz CT molecular complexity index is 1220. The summed E-state index contributed by atoms with van der Waals surface area (Å²) in [6.45, 7) is 3.08. The molecule has 1 aliphatic heterocycles. The first-order chi connectivity index (χ1) is 17.1. The predicted molar refractivity (Wildman–Crippen MR) is 136 cm³/mol. The smallest absolute Gasteiger partial charge is 0.254 e. The number of amides is 2. The molecule has 4 rings (SSSR count). The summed E-state index contributed by atoms with van der Waals surface area (Å²) in [5.74, 6) is 1.34. The van der Waals surface area contributed by atoms with Crippen molar-refractivity contribution < 1.29 is 23.8 Å². The molecule has 7 nitrogen and oxygen atoms in total. The number of carbonyl (C=O) groups is 2. The van der Waals surface area contributed by atoms with Crippen molar-refractivity contribution in [2.75, 3.05) is 38.7 Å². The molecule has 0 aliphatic carbocycles. The first-order valence-electron chi connectivity index (χ1n) is 11.5. The number of nitrogens with zero attached hydrogens (tertiary/aromatic N) is 1. The summed E-state index contributed by atoms with van der Waals surface area (Å²) in [6.07, 6.45) is 1.80. The fourth-order valence-corrected chi connectivity index (χ4v) is 3.82. The van der Waals surface area contributed by atoms with Gasteiger partial charge in [0, 0.05) is 29.4 Å². The van der Waals surface area contributed by atoms with Crippen LogP contribution in [0.4, 0.5) is 5.69 Å². The first kappa shape index (κ1) is 23.9. The molecular weight excluding hydrogens is 444 g/mol. The highest BCUT2D eigenvalue weighted by Gasteiger charge is 2.22. The highest BCUT2D eigenvalue weighted by Crippen LogP contribution is 2.32. The molecule has 3 aromatic carbocycles. The lowest BCUT2D eigenvalue weighted by atomic mass is 10.0. The number of hydrogen-bond donors (Lipinski definition) is 1. The van der Waals surface area contributed by atoms with Crippen molar-refractivity contribution in [1.29, 1.82) is 0 Å². The van der Waals surface area contributed by atoms with E-state index in [-0.39, 0.29) is 18.4 Å². The zero-order valence-electron chi connectivity index (χ0n) is 19.8. The van der Waals surface area contributed by atoms with Gasteiger partial charge in [0.15, 0.2) is 11.5 Å². The molecule has 1 heterocycles. The summed E-state index contributed by atoms with van der Waals surface area (Å²) < 4.78 is 16.6. The van der Waals surface area contributed by atoms with Gasteiger partial charge in [-0.3, -0.25) is 9.59 Å². The van der Waals surface area contributed by atoms with Crippen molar-refractivity contribution in [3.05, 3.63) is 83.9 Å². The van der Waals surface area contributed by atoms with Crippen molar-refractivity contribution in [1.82, 2.24) is 4.90 Å². The summed E-state index contributed by atoms with van der Waals surface area (Å²) >= 11 is 0. The molecule has 0 unspecified atom stereocenters. The van der Waals surface area contributed by atoms with Crippen LogP contribution < -0.4 is 19.5 Å². The largest absolute Gasteiger partial charge is 0.496 e. The SMILES string of the molecule is CCN(CC(=O)Nc1ccc2c(c1)OCCO2)C(=O)/C(=C/c1ccccc1OC)c1ccccc1. The number of nitrogens with one attached hydrogen (secondary N) is 1. The molecular formula is C28H28N2O5. The van der Waals surface area contributed by atoms with Crippen LogP contribution in [0.5, 0.6) is 17.2 Å². The van der Waals surface area contributed by atoms with Crippen LogP contribution in [0.1, 0.15) is 18.1 Å². The molecule has 0 bridgehead atoms. The summed E-state index contributed by atoms with van der Waals surface area (Å²) in [4.78, 5) is 28.0. The first-order valence-corrected chi connectivity index (χ1v) is 11.5. The van der Waals surface area contributed by atoms with Crippen molar-refractivity contribution in [3.63, 3.8) is 0 Å². The van der Waals surface area contributed by atoms with Gasteiger partial charge in [-0.15, -0.1) is 0 Å². The van der Waals surface area contributed by atoms with Gasteiger partial charge >= 0.3 is 0 Å². The number of ether oxygens (including phenoxy) is 3. The van der Waals surface area contributed by atoms with Gasteiger partial charge in [-0.2, -0.15) is 0 Å². The Morgan fingerprint density at radius 3 is 2.43 bits per heavy atom. The lowest BCUT2D eigenvalue weighted by Crippen LogP contribution is -2.38. The molecule has 35 heavy (non-hydrogen) atoms. The zero-order valence-corrected chi connectivity index (χ0v) is 19.8. The Morgan fingerprint density at radius 2 is 1.69 bits per heavy atom. The van der Waals surface area contributed by atoms with Crippen LogP contribution in [0, 0.1) is 0 Å². The fraction of sp³-hybridized carbons (Fsp3) is 0.214. The third-order valence-electron chi connectivity index (χ3n) is 5.58. The number of likely N-dealkylation sites (N-methyl/N-ethyl adjacent to an activating group) is 1. The topological polar surface area (TPSA) is 77.1 Å². The van der Waals surface area contributed by atoms with Crippen molar-refractivity contribution in [2.45, 2.75) is 6.92 Å². The van der Waals surface area contributed by atoms with Gasteiger partial charge in [0.2, 0.25) is 5.91 Å². The van der Waals surface area contributed by atoms with E-state index in [1.54, 1.807) is 31.4 Å². The van der Waals surface area contributed by atoms with Gasteiger partial charge in [-0.1, -0.05) is 48.5 Å². The van der Waals surface area contributed by atoms with Gasteiger partial charge in [0.1, 0.15) is 25.5 Å². The summed E-state index contributed by atoms with van der Waals surface area (Å²) in [7, 11) is 1.59. The number of carbonyl (C=O) groups excluding carboxylic acids is 2. The van der Waals surface area contributed by atoms with Gasteiger partial charge in [0.05, 0.1) is 7.11 Å². The maximum absolute atomic E-state index is 13.7. The maximum Gasteiger partial charge on any atom is 0.254 e. The van der Waals surface area contributed by atoms with Crippen LogP contribution in [0.2, 0.25) is 0 Å². The van der Waals surface area contributed by atoms with E-state index in [9.17, 15) is 9.59 Å². The summed E-state index contributed by atoms with van der Waals surface area (Å²) in [5, 5.41) is 2.85. The van der Waals surface area contributed by atoms with E-state index in [1.807, 2.05) is 61.5 Å². The van der Waals surface area contributed by atoms with Gasteiger partial charge in [-0.05, 0) is 36.8 Å². The molecule has 3 aromatic rings. The van der Waals surface area contributed by atoms with E-state index in [1.165, 1.54) is 4.90 Å². The monoisotopic (exact) mass is 472 g/mol. The summed E-state index contributed by atoms with van der Waals surface area (Å²) in [5.41, 5.74) is 2.59. The Kier molecular flexibility index (Phi) is 7.67. The third kappa shape index (κ3) is 5.81. The summed E-state index contributed by atoms with van der Waals surface area (Å²) in [6, 6.07) is 22.1. The van der Waals surface area contributed by atoms with Crippen LogP contribution in [0.15, 0.2) is 72.8 Å². The lowest BCUT2D eigenvalue weighted by molar-refractivity contribution is -0.129. The van der Waals surface area contributed by atoms with Crippen LogP contribution in [-0.2, 0) is 9.59 Å². The van der Waals surface area contributed by atoms with Crippen LogP contribution in [0.25, 0.3) is 11.6 Å². The molecule has 7 heteroatoms. The number of para-hydroxylation sites is 1. The minimum Gasteiger partial charge on any atom is -0.496 e. The van der Waals surface area contributed by atoms with Crippen molar-refractivity contribution in [2.24, 2.45) is 0 Å². The maximum atomic E-state index is 13.7. The van der Waals surface area contributed by atoms with E-state index in [0.717, 1.165) is 11.1 Å². The molecule has 1 aliphatic rings. The highest BCUT2D eigenvalue weighted by molar-refractivity contribution is 6.24. The molecule has 1 N–H and O–H groups in total. The van der Waals surface area contributed by atoms with Crippen molar-refractivity contribution in [3.8, 4) is 17.2 Å². The number of anilines is 1. The normalized spacial score (nSPS) is 12.6. The van der Waals surface area contributed by atoms with Gasteiger partial charge < -0.3 is 24.4 Å². The molecule has 2 amide bonds. The lowest BCUT2D eigenvalue weighted by Gasteiger charge is -2.23. The Morgan fingerprint density at radius 1 is 0.971 bits per heavy atom. The van der Waals surface area contributed by atoms with E-state index in [0.29, 0.717) is 48.3 Å². The Balaban J connectivity index is 1.55. The van der Waals surface area contributed by atoms with Crippen LogP contribution >= 0.6 is 0 Å². The van der Waals surface area contributed by atoms with Crippen LogP contribution in [-0.4, -0.2) is 50.1 Å². The quantitative estimate of drug-likeness (QED) is 0.386. The average molecular weight is 473 g/mol. The molecule has 0 saturated carbocycles. The molecule has 180 valence electrons. The van der Waals surface area contributed by atoms with E-state index in [2.05, 4.69) is 5.32 Å². The molecule has 0 aromatic heterocycles. The number of fused-ring (bicyclic) bond motifs is 1. The highest BCUT2D eigenvalue weighted by atomic mass is 16.6. The minimum atomic E-state index is -0.304. The van der Waals surface area contributed by atoms with Crippen LogP contribution in [0.3, 0.4) is 0 Å². The Labute approximate surface area is 204 Å². The average Bonchev–Trinajstić information content (AvgIpc) is 2.90.